The summed E-state index contributed by atoms with van der Waals surface area (Å²) in [6, 6.07) is -0.0671. The standard InChI is InChI=1S/C7H12N2O/c8-6-4-2-1-3-5(6)7(9)10/h1-2,5-6H,3-4,8H2,(H2,9,10)/t5-,6-/m0/s1. The molecular weight excluding hydrogens is 128 g/mol. The van der Waals surface area contributed by atoms with Gasteiger partial charge in [-0.15, -0.1) is 0 Å². The van der Waals surface area contributed by atoms with Gasteiger partial charge in [-0.1, -0.05) is 12.2 Å². The molecular formula is C7H12N2O. The average Bonchev–Trinajstić information content (AvgIpc) is 1.88. The molecule has 2 atom stereocenters. The van der Waals surface area contributed by atoms with Crippen LogP contribution in [0, 0.1) is 5.92 Å². The average molecular weight is 140 g/mol. The Hall–Kier alpha value is -0.830. The predicted octanol–water partition coefficient (Wildman–Crippen LogP) is -0.235. The predicted molar refractivity (Wildman–Crippen MR) is 39.0 cm³/mol. The lowest BCUT2D eigenvalue weighted by atomic mass is 9.89. The lowest BCUT2D eigenvalue weighted by molar-refractivity contribution is -0.122. The first-order chi connectivity index (χ1) is 4.72. The van der Waals surface area contributed by atoms with Crippen molar-refractivity contribution >= 4 is 5.91 Å². The van der Waals surface area contributed by atoms with Crippen molar-refractivity contribution in [1.29, 1.82) is 0 Å². The smallest absolute Gasteiger partial charge is 0.222 e. The van der Waals surface area contributed by atoms with Gasteiger partial charge in [-0.3, -0.25) is 4.79 Å². The Bertz CT molecular complexity index is 165. The number of rotatable bonds is 1. The molecule has 1 rings (SSSR count). The second-order valence-electron chi connectivity index (χ2n) is 2.62. The second-order valence-corrected chi connectivity index (χ2v) is 2.62. The van der Waals surface area contributed by atoms with Crippen LogP contribution in [0.4, 0.5) is 0 Å². The van der Waals surface area contributed by atoms with Crippen molar-refractivity contribution in [3.8, 4) is 0 Å². The third kappa shape index (κ3) is 1.36. The monoisotopic (exact) mass is 140 g/mol. The summed E-state index contributed by atoms with van der Waals surface area (Å²) >= 11 is 0. The number of carbonyl (C=O) groups is 1. The first kappa shape index (κ1) is 7.28. The maximum Gasteiger partial charge on any atom is 0.222 e. The number of amides is 1. The molecule has 1 aliphatic rings. The van der Waals surface area contributed by atoms with E-state index in [4.69, 9.17) is 11.5 Å². The number of primary amides is 1. The molecule has 0 unspecified atom stereocenters. The largest absolute Gasteiger partial charge is 0.369 e. The Morgan fingerprint density at radius 1 is 1.40 bits per heavy atom. The summed E-state index contributed by atoms with van der Waals surface area (Å²) in [6.07, 6.45) is 5.42. The fraction of sp³-hybridized carbons (Fsp3) is 0.571. The molecule has 0 aromatic carbocycles. The molecule has 0 spiro atoms. The highest BCUT2D eigenvalue weighted by Crippen LogP contribution is 2.16. The molecule has 10 heavy (non-hydrogen) atoms. The van der Waals surface area contributed by atoms with Crippen LogP contribution in [0.15, 0.2) is 12.2 Å². The van der Waals surface area contributed by atoms with Gasteiger partial charge in [-0.05, 0) is 12.8 Å². The second kappa shape index (κ2) is 2.84. The van der Waals surface area contributed by atoms with Gasteiger partial charge in [0.15, 0.2) is 0 Å². The summed E-state index contributed by atoms with van der Waals surface area (Å²) in [7, 11) is 0. The van der Waals surface area contributed by atoms with Crippen LogP contribution in [-0.4, -0.2) is 11.9 Å². The molecule has 0 bridgehead atoms. The summed E-state index contributed by atoms with van der Waals surface area (Å²) in [4.78, 5) is 10.7. The van der Waals surface area contributed by atoms with E-state index in [9.17, 15) is 4.79 Å². The van der Waals surface area contributed by atoms with E-state index in [0.717, 1.165) is 6.42 Å². The zero-order valence-electron chi connectivity index (χ0n) is 5.79. The molecule has 0 fully saturated rings. The van der Waals surface area contributed by atoms with Crippen LogP contribution in [0.3, 0.4) is 0 Å². The number of hydrogen-bond acceptors (Lipinski definition) is 2. The Morgan fingerprint density at radius 3 is 2.40 bits per heavy atom. The minimum atomic E-state index is -0.281. The van der Waals surface area contributed by atoms with Gasteiger partial charge in [0.05, 0.1) is 5.92 Å². The molecule has 1 aliphatic carbocycles. The molecule has 0 saturated carbocycles. The van der Waals surface area contributed by atoms with Gasteiger partial charge in [0.25, 0.3) is 0 Å². The number of allylic oxidation sites excluding steroid dienone is 1. The Morgan fingerprint density at radius 2 is 2.00 bits per heavy atom. The number of carbonyl (C=O) groups excluding carboxylic acids is 1. The van der Waals surface area contributed by atoms with E-state index in [1.165, 1.54) is 0 Å². The summed E-state index contributed by atoms with van der Waals surface area (Å²) in [6.45, 7) is 0. The fourth-order valence-corrected chi connectivity index (χ4v) is 1.16. The Balaban J connectivity index is 2.59. The summed E-state index contributed by atoms with van der Waals surface area (Å²) in [5.74, 6) is -0.429. The molecule has 0 aromatic rings. The minimum Gasteiger partial charge on any atom is -0.369 e. The van der Waals surface area contributed by atoms with Gasteiger partial charge in [0.2, 0.25) is 5.91 Å². The van der Waals surface area contributed by atoms with Crippen molar-refractivity contribution in [3.05, 3.63) is 12.2 Å². The van der Waals surface area contributed by atoms with Crippen molar-refractivity contribution in [2.45, 2.75) is 18.9 Å². The Kier molecular flexibility index (Phi) is 2.06. The van der Waals surface area contributed by atoms with Crippen LogP contribution in [-0.2, 0) is 4.79 Å². The number of nitrogens with two attached hydrogens (primary N) is 2. The van der Waals surface area contributed by atoms with Crippen molar-refractivity contribution in [2.75, 3.05) is 0 Å². The van der Waals surface area contributed by atoms with Crippen LogP contribution >= 0.6 is 0 Å². The highest BCUT2D eigenvalue weighted by Gasteiger charge is 2.23. The van der Waals surface area contributed by atoms with E-state index in [1.54, 1.807) is 0 Å². The lowest BCUT2D eigenvalue weighted by Crippen LogP contribution is -2.39. The van der Waals surface area contributed by atoms with Crippen LogP contribution in [0.2, 0.25) is 0 Å². The van der Waals surface area contributed by atoms with E-state index < -0.39 is 0 Å². The van der Waals surface area contributed by atoms with Crippen LogP contribution in [0.5, 0.6) is 0 Å². The molecule has 0 radical (unpaired) electrons. The molecule has 56 valence electrons. The summed E-state index contributed by atoms with van der Waals surface area (Å²) in [5, 5.41) is 0. The van der Waals surface area contributed by atoms with E-state index in [1.807, 2.05) is 12.2 Å². The highest BCUT2D eigenvalue weighted by molar-refractivity contribution is 5.77. The summed E-state index contributed by atoms with van der Waals surface area (Å²) in [5.41, 5.74) is 10.7. The van der Waals surface area contributed by atoms with Gasteiger partial charge < -0.3 is 11.5 Å². The molecule has 0 aromatic heterocycles. The highest BCUT2D eigenvalue weighted by atomic mass is 16.1. The molecule has 0 saturated heterocycles. The first-order valence-electron chi connectivity index (χ1n) is 3.41. The maximum absolute atomic E-state index is 10.7. The molecule has 1 amide bonds. The topological polar surface area (TPSA) is 69.1 Å². The SMILES string of the molecule is NC(=O)[C@H]1CC=CC[C@@H]1N. The van der Waals surface area contributed by atoms with Crippen molar-refractivity contribution in [2.24, 2.45) is 17.4 Å². The Labute approximate surface area is 60.1 Å². The van der Waals surface area contributed by atoms with Crippen molar-refractivity contribution in [1.82, 2.24) is 0 Å². The number of hydrogen-bond donors (Lipinski definition) is 2. The van der Waals surface area contributed by atoms with Gasteiger partial charge in [-0.2, -0.15) is 0 Å². The van der Waals surface area contributed by atoms with E-state index in [-0.39, 0.29) is 17.9 Å². The molecule has 0 heterocycles. The quantitative estimate of drug-likeness (QED) is 0.494. The third-order valence-corrected chi connectivity index (χ3v) is 1.85. The molecule has 3 heteroatoms. The van der Waals surface area contributed by atoms with Gasteiger partial charge in [0.1, 0.15) is 0 Å². The summed E-state index contributed by atoms with van der Waals surface area (Å²) < 4.78 is 0. The van der Waals surface area contributed by atoms with E-state index in [0.29, 0.717) is 6.42 Å². The normalized spacial score (nSPS) is 32.1. The van der Waals surface area contributed by atoms with E-state index in [2.05, 4.69) is 0 Å². The lowest BCUT2D eigenvalue weighted by Gasteiger charge is -2.21. The van der Waals surface area contributed by atoms with Crippen molar-refractivity contribution < 1.29 is 4.79 Å². The van der Waals surface area contributed by atoms with Gasteiger partial charge in [0, 0.05) is 6.04 Å². The van der Waals surface area contributed by atoms with E-state index >= 15 is 0 Å². The third-order valence-electron chi connectivity index (χ3n) is 1.85. The zero-order valence-corrected chi connectivity index (χ0v) is 5.79. The van der Waals surface area contributed by atoms with Crippen LogP contribution < -0.4 is 11.5 Å². The fourth-order valence-electron chi connectivity index (χ4n) is 1.16. The molecule has 4 N–H and O–H groups in total. The van der Waals surface area contributed by atoms with Crippen molar-refractivity contribution in [3.63, 3.8) is 0 Å². The van der Waals surface area contributed by atoms with Crippen LogP contribution in [0.25, 0.3) is 0 Å². The zero-order chi connectivity index (χ0) is 7.56. The maximum atomic E-state index is 10.7. The first-order valence-corrected chi connectivity index (χ1v) is 3.41. The van der Waals surface area contributed by atoms with Crippen LogP contribution in [0.1, 0.15) is 12.8 Å². The molecule has 3 nitrogen and oxygen atoms in total. The minimum absolute atomic E-state index is 0.0671. The van der Waals surface area contributed by atoms with Gasteiger partial charge in [-0.25, -0.2) is 0 Å². The van der Waals surface area contributed by atoms with Gasteiger partial charge >= 0.3 is 0 Å². The molecule has 0 aliphatic heterocycles.